The quantitative estimate of drug-likeness (QED) is 0.258. The Morgan fingerprint density at radius 3 is 2.67 bits per heavy atom. The first-order chi connectivity index (χ1) is 13.0. The van der Waals surface area contributed by atoms with Gasteiger partial charge in [-0.2, -0.15) is 0 Å². The second-order valence-electron chi connectivity index (χ2n) is 6.24. The largest absolute Gasteiger partial charge is 0.515 e. The van der Waals surface area contributed by atoms with Crippen molar-refractivity contribution >= 4 is 28.7 Å². The summed E-state index contributed by atoms with van der Waals surface area (Å²) in [5, 5.41) is 38.7. The van der Waals surface area contributed by atoms with Crippen molar-refractivity contribution in [3.05, 3.63) is 30.3 Å². The molecule has 142 valence electrons. The molecule has 0 amide bonds. The van der Waals surface area contributed by atoms with Crippen LogP contribution in [0.25, 0.3) is 22.4 Å². The lowest BCUT2D eigenvalue weighted by Crippen LogP contribution is -2.33. The van der Waals surface area contributed by atoms with Gasteiger partial charge in [0.2, 0.25) is 0 Å². The van der Waals surface area contributed by atoms with Crippen molar-refractivity contribution in [2.24, 2.45) is 0 Å². The third-order valence-corrected chi connectivity index (χ3v) is 4.69. The summed E-state index contributed by atoms with van der Waals surface area (Å²) in [6, 6.07) is 0. The van der Waals surface area contributed by atoms with Gasteiger partial charge in [0.15, 0.2) is 29.3 Å². The Hall–Kier alpha value is -2.86. The molecule has 4 rings (SSSR count). The number of carbonyl (C=O) groups is 1. The van der Waals surface area contributed by atoms with Crippen molar-refractivity contribution in [1.82, 2.24) is 23.9 Å². The SMILES string of the molecule is Cc1nc2c3ncn([C@@H]4O[C@H](CO)[C@@H](O)[C@H]4O)c3ncn2c1/C(C=O)=C/O. The van der Waals surface area contributed by atoms with Gasteiger partial charge in [-0.1, -0.05) is 0 Å². The zero-order valence-corrected chi connectivity index (χ0v) is 14.2. The molecule has 0 unspecified atom stereocenters. The van der Waals surface area contributed by atoms with E-state index in [4.69, 9.17) is 4.74 Å². The highest BCUT2D eigenvalue weighted by atomic mass is 16.6. The van der Waals surface area contributed by atoms with E-state index in [0.29, 0.717) is 40.7 Å². The number of rotatable bonds is 4. The lowest BCUT2D eigenvalue weighted by Gasteiger charge is -2.16. The lowest BCUT2D eigenvalue weighted by atomic mass is 10.1. The van der Waals surface area contributed by atoms with Crippen LogP contribution < -0.4 is 0 Å². The van der Waals surface area contributed by atoms with Crippen molar-refractivity contribution in [1.29, 1.82) is 0 Å². The molecule has 0 aromatic carbocycles. The van der Waals surface area contributed by atoms with Crippen molar-refractivity contribution in [2.75, 3.05) is 6.61 Å². The van der Waals surface area contributed by atoms with Crippen molar-refractivity contribution in [3.8, 4) is 0 Å². The Kier molecular flexibility index (Phi) is 4.15. The smallest absolute Gasteiger partial charge is 0.168 e. The van der Waals surface area contributed by atoms with E-state index in [1.807, 2.05) is 0 Å². The Labute approximate surface area is 151 Å². The maximum atomic E-state index is 11.2. The van der Waals surface area contributed by atoms with E-state index in [9.17, 15) is 25.2 Å². The predicted molar refractivity (Wildman–Crippen MR) is 90.7 cm³/mol. The van der Waals surface area contributed by atoms with E-state index in [2.05, 4.69) is 15.0 Å². The molecule has 4 atom stereocenters. The lowest BCUT2D eigenvalue weighted by molar-refractivity contribution is -0.103. The number of allylic oxidation sites excluding steroid dienone is 1. The number of aldehydes is 1. The molecule has 1 saturated heterocycles. The number of fused-ring (bicyclic) bond motifs is 3. The van der Waals surface area contributed by atoms with Gasteiger partial charge in [-0.3, -0.25) is 13.8 Å². The van der Waals surface area contributed by atoms with Crippen LogP contribution in [0.3, 0.4) is 0 Å². The van der Waals surface area contributed by atoms with Crippen LogP contribution in [0.1, 0.15) is 17.6 Å². The summed E-state index contributed by atoms with van der Waals surface area (Å²) in [7, 11) is 0. The number of carbonyl (C=O) groups excluding carboxylic acids is 1. The minimum Gasteiger partial charge on any atom is -0.515 e. The maximum absolute atomic E-state index is 11.2. The average molecular weight is 375 g/mol. The number of hydrogen-bond donors (Lipinski definition) is 4. The Morgan fingerprint density at radius 2 is 2.04 bits per heavy atom. The van der Waals surface area contributed by atoms with E-state index in [1.54, 1.807) is 6.92 Å². The molecule has 0 saturated carbocycles. The summed E-state index contributed by atoms with van der Waals surface area (Å²) < 4.78 is 8.50. The fourth-order valence-corrected chi connectivity index (χ4v) is 3.37. The molecule has 3 aromatic heterocycles. The van der Waals surface area contributed by atoms with Gasteiger partial charge in [0, 0.05) is 0 Å². The summed E-state index contributed by atoms with van der Waals surface area (Å²) in [6.07, 6.45) is -0.389. The number of imidazole rings is 2. The van der Waals surface area contributed by atoms with Gasteiger partial charge in [0.25, 0.3) is 0 Å². The zero-order chi connectivity index (χ0) is 19.3. The first kappa shape index (κ1) is 17.5. The van der Waals surface area contributed by atoms with Crippen molar-refractivity contribution in [2.45, 2.75) is 31.5 Å². The van der Waals surface area contributed by atoms with E-state index >= 15 is 0 Å². The van der Waals surface area contributed by atoms with Crippen LogP contribution in [0.5, 0.6) is 0 Å². The summed E-state index contributed by atoms with van der Waals surface area (Å²) >= 11 is 0. The van der Waals surface area contributed by atoms with Gasteiger partial charge >= 0.3 is 0 Å². The number of aryl methyl sites for hydroxylation is 1. The molecular weight excluding hydrogens is 358 g/mol. The second-order valence-corrected chi connectivity index (χ2v) is 6.24. The van der Waals surface area contributed by atoms with Crippen LogP contribution in [0.4, 0.5) is 0 Å². The molecule has 11 nitrogen and oxygen atoms in total. The van der Waals surface area contributed by atoms with Crippen LogP contribution in [-0.4, -0.2) is 75.6 Å². The highest BCUT2D eigenvalue weighted by Gasteiger charge is 2.44. The van der Waals surface area contributed by atoms with E-state index in [1.165, 1.54) is 21.6 Å². The number of ether oxygens (including phenoxy) is 1. The number of aliphatic hydroxyl groups is 4. The topological polar surface area (TPSA) is 155 Å². The average Bonchev–Trinajstić information content (AvgIpc) is 3.31. The monoisotopic (exact) mass is 375 g/mol. The fraction of sp³-hybridized carbons (Fsp3) is 0.375. The Balaban J connectivity index is 1.87. The zero-order valence-electron chi connectivity index (χ0n) is 14.2. The predicted octanol–water partition coefficient (Wildman–Crippen LogP) is -0.903. The molecule has 0 aliphatic carbocycles. The summed E-state index contributed by atoms with van der Waals surface area (Å²) in [6.45, 7) is 1.24. The summed E-state index contributed by atoms with van der Waals surface area (Å²) in [5.41, 5.74) is 2.06. The van der Waals surface area contributed by atoms with Crippen LogP contribution in [0.15, 0.2) is 18.9 Å². The van der Waals surface area contributed by atoms with Gasteiger partial charge in [0.05, 0.1) is 36.2 Å². The minimum absolute atomic E-state index is 0.0454. The molecule has 0 bridgehead atoms. The van der Waals surface area contributed by atoms with E-state index < -0.39 is 31.1 Å². The molecule has 11 heteroatoms. The van der Waals surface area contributed by atoms with Crippen LogP contribution >= 0.6 is 0 Å². The Bertz CT molecular complexity index is 1060. The minimum atomic E-state index is -1.27. The first-order valence-electron chi connectivity index (χ1n) is 8.14. The molecule has 0 spiro atoms. The van der Waals surface area contributed by atoms with Crippen LogP contribution in [0.2, 0.25) is 0 Å². The highest BCUT2D eigenvalue weighted by molar-refractivity contribution is 6.06. The van der Waals surface area contributed by atoms with Gasteiger partial charge in [-0.25, -0.2) is 15.0 Å². The molecule has 4 N–H and O–H groups in total. The number of nitrogens with zero attached hydrogens (tertiary/aromatic N) is 5. The molecule has 27 heavy (non-hydrogen) atoms. The normalized spacial score (nSPS) is 26.3. The van der Waals surface area contributed by atoms with E-state index in [-0.39, 0.29) is 5.57 Å². The summed E-state index contributed by atoms with van der Waals surface area (Å²) in [4.78, 5) is 24.2. The number of hydrogen-bond acceptors (Lipinski definition) is 9. The third-order valence-electron chi connectivity index (χ3n) is 4.69. The standard InChI is InChI=1S/C16H17N5O6/c1-7-11(8(2-22)3-23)20-6-18-14-10(15(20)19-7)17-5-21(14)16-13(26)12(25)9(4-24)27-16/h2-3,5-6,9,12-13,16,22,24-26H,4H2,1H3/b8-2+/t9-,12-,13-,16-/m1/s1. The Morgan fingerprint density at radius 1 is 1.26 bits per heavy atom. The molecular formula is C16H17N5O6. The number of aromatic nitrogens is 5. The number of aliphatic hydroxyl groups excluding tert-OH is 4. The van der Waals surface area contributed by atoms with Crippen LogP contribution in [0, 0.1) is 6.92 Å². The van der Waals surface area contributed by atoms with Gasteiger partial charge in [-0.05, 0) is 6.92 Å². The van der Waals surface area contributed by atoms with Gasteiger partial charge < -0.3 is 25.2 Å². The second kappa shape index (κ2) is 6.39. The fourth-order valence-electron chi connectivity index (χ4n) is 3.37. The molecule has 4 heterocycles. The first-order valence-corrected chi connectivity index (χ1v) is 8.14. The third kappa shape index (κ3) is 2.44. The summed E-state index contributed by atoms with van der Waals surface area (Å²) in [5.74, 6) is 0. The molecule has 1 aliphatic heterocycles. The molecule has 0 radical (unpaired) electrons. The van der Waals surface area contributed by atoms with E-state index in [0.717, 1.165) is 0 Å². The van der Waals surface area contributed by atoms with Gasteiger partial charge in [-0.15, -0.1) is 0 Å². The van der Waals surface area contributed by atoms with Crippen molar-refractivity contribution < 1.29 is 30.0 Å². The highest BCUT2D eigenvalue weighted by Crippen LogP contribution is 2.32. The maximum Gasteiger partial charge on any atom is 0.168 e. The van der Waals surface area contributed by atoms with Crippen LogP contribution in [-0.2, 0) is 9.53 Å². The van der Waals surface area contributed by atoms with Gasteiger partial charge in [0.1, 0.15) is 24.6 Å². The molecule has 3 aromatic rings. The molecule has 1 aliphatic rings. The molecule has 1 fully saturated rings. The van der Waals surface area contributed by atoms with Crippen molar-refractivity contribution in [3.63, 3.8) is 0 Å².